The Morgan fingerprint density at radius 2 is 2.11 bits per heavy atom. The van der Waals surface area contributed by atoms with Crippen LogP contribution in [0.1, 0.15) is 11.5 Å². The molecule has 1 aliphatic heterocycles. The zero-order chi connectivity index (χ0) is 13.4. The van der Waals surface area contributed by atoms with Gasteiger partial charge in [-0.3, -0.25) is 0 Å². The maximum absolute atomic E-state index is 9.05. The van der Waals surface area contributed by atoms with Crippen molar-refractivity contribution in [2.24, 2.45) is 7.05 Å². The van der Waals surface area contributed by atoms with Crippen molar-refractivity contribution in [2.75, 3.05) is 13.4 Å². The number of hydrogen-bond acceptors (Lipinski definition) is 4. The first-order chi connectivity index (χ1) is 9.20. The fourth-order valence-corrected chi connectivity index (χ4v) is 2.28. The number of benzene rings is 1. The van der Waals surface area contributed by atoms with Gasteiger partial charge in [0.15, 0.2) is 11.5 Å². The van der Waals surface area contributed by atoms with Crippen LogP contribution in [0.3, 0.4) is 0 Å². The molecule has 0 aliphatic carbocycles. The van der Waals surface area contributed by atoms with E-state index in [0.29, 0.717) is 6.42 Å². The zero-order valence-corrected chi connectivity index (χ0v) is 11.0. The van der Waals surface area contributed by atoms with Gasteiger partial charge in [-0.05, 0) is 25.1 Å². The van der Waals surface area contributed by atoms with Crippen LogP contribution >= 0.6 is 0 Å². The van der Waals surface area contributed by atoms with Crippen LogP contribution in [0.25, 0.3) is 11.3 Å². The van der Waals surface area contributed by atoms with Crippen molar-refractivity contribution in [3.8, 4) is 22.8 Å². The van der Waals surface area contributed by atoms with Gasteiger partial charge in [-0.15, -0.1) is 0 Å². The summed E-state index contributed by atoms with van der Waals surface area (Å²) in [6.07, 6.45) is 0.557. The summed E-state index contributed by atoms with van der Waals surface area (Å²) < 4.78 is 12.7. The van der Waals surface area contributed by atoms with Crippen LogP contribution in [0, 0.1) is 6.92 Å². The quantitative estimate of drug-likeness (QED) is 0.912. The number of nitrogens with zero attached hydrogens (tertiary/aromatic N) is 2. The minimum atomic E-state index is 0.102. The summed E-state index contributed by atoms with van der Waals surface area (Å²) in [7, 11) is 1.96. The number of rotatable bonds is 3. The molecule has 0 saturated carbocycles. The highest BCUT2D eigenvalue weighted by Gasteiger charge is 2.17. The molecule has 5 heteroatoms. The van der Waals surface area contributed by atoms with E-state index in [1.807, 2.05) is 36.7 Å². The van der Waals surface area contributed by atoms with Crippen molar-refractivity contribution in [3.05, 3.63) is 29.7 Å². The fraction of sp³-hybridized carbons (Fsp3) is 0.357. The summed E-state index contributed by atoms with van der Waals surface area (Å²) in [5.41, 5.74) is 2.99. The predicted molar refractivity (Wildman–Crippen MR) is 70.3 cm³/mol. The lowest BCUT2D eigenvalue weighted by Gasteiger charge is -2.02. The first-order valence-corrected chi connectivity index (χ1v) is 6.24. The van der Waals surface area contributed by atoms with Gasteiger partial charge >= 0.3 is 0 Å². The van der Waals surface area contributed by atoms with Crippen LogP contribution in [0.2, 0.25) is 0 Å². The predicted octanol–water partition coefficient (Wildman–Crippen LogP) is 1.66. The van der Waals surface area contributed by atoms with Crippen molar-refractivity contribution in [2.45, 2.75) is 13.3 Å². The van der Waals surface area contributed by atoms with Gasteiger partial charge < -0.3 is 19.1 Å². The maximum atomic E-state index is 9.05. The highest BCUT2D eigenvalue weighted by atomic mass is 16.7. The molecule has 0 unspecified atom stereocenters. The third-order valence-electron chi connectivity index (χ3n) is 3.46. The summed E-state index contributed by atoms with van der Waals surface area (Å²) in [6, 6.07) is 5.82. The van der Waals surface area contributed by atoms with Gasteiger partial charge in [0.2, 0.25) is 6.79 Å². The molecule has 0 fully saturated rings. The van der Waals surface area contributed by atoms with Gasteiger partial charge in [0, 0.05) is 24.7 Å². The van der Waals surface area contributed by atoms with Gasteiger partial charge in [0.1, 0.15) is 5.82 Å². The van der Waals surface area contributed by atoms with Crippen LogP contribution < -0.4 is 9.47 Å². The number of aromatic nitrogens is 2. The van der Waals surface area contributed by atoms with Crippen molar-refractivity contribution >= 4 is 0 Å². The Balaban J connectivity index is 2.04. The first kappa shape index (κ1) is 12.0. The van der Waals surface area contributed by atoms with Crippen LogP contribution in [0.5, 0.6) is 11.5 Å². The molecule has 0 radical (unpaired) electrons. The molecule has 1 N–H and O–H groups in total. The Morgan fingerprint density at radius 1 is 1.32 bits per heavy atom. The van der Waals surface area contributed by atoms with Gasteiger partial charge in [0.25, 0.3) is 0 Å². The highest BCUT2D eigenvalue weighted by molar-refractivity contribution is 5.66. The molecule has 0 atom stereocenters. The van der Waals surface area contributed by atoms with Crippen molar-refractivity contribution in [1.82, 2.24) is 9.55 Å². The van der Waals surface area contributed by atoms with E-state index in [1.165, 1.54) is 0 Å². The number of hydrogen-bond donors (Lipinski definition) is 1. The van der Waals surface area contributed by atoms with Crippen LogP contribution in [0.4, 0.5) is 0 Å². The second kappa shape index (κ2) is 4.59. The number of imidazole rings is 1. The first-order valence-electron chi connectivity index (χ1n) is 6.24. The monoisotopic (exact) mass is 260 g/mol. The van der Waals surface area contributed by atoms with E-state index in [-0.39, 0.29) is 13.4 Å². The molecule has 3 rings (SSSR count). The summed E-state index contributed by atoms with van der Waals surface area (Å²) in [5, 5.41) is 9.05. The molecular weight excluding hydrogens is 244 g/mol. The van der Waals surface area contributed by atoms with Gasteiger partial charge in [-0.25, -0.2) is 4.98 Å². The molecule has 2 heterocycles. The lowest BCUT2D eigenvalue weighted by Crippen LogP contribution is -2.01. The number of aliphatic hydroxyl groups excluding tert-OH is 1. The molecule has 1 aliphatic rings. The van der Waals surface area contributed by atoms with E-state index >= 15 is 0 Å². The third-order valence-corrected chi connectivity index (χ3v) is 3.46. The average Bonchev–Trinajstić information content (AvgIpc) is 2.98. The highest BCUT2D eigenvalue weighted by Crippen LogP contribution is 2.36. The number of ether oxygens (including phenoxy) is 2. The smallest absolute Gasteiger partial charge is 0.231 e. The van der Waals surface area contributed by atoms with E-state index in [2.05, 4.69) is 4.98 Å². The molecule has 5 nitrogen and oxygen atoms in total. The van der Waals surface area contributed by atoms with E-state index in [9.17, 15) is 0 Å². The topological polar surface area (TPSA) is 56.5 Å². The van der Waals surface area contributed by atoms with Crippen molar-refractivity contribution < 1.29 is 14.6 Å². The third kappa shape index (κ3) is 1.96. The maximum Gasteiger partial charge on any atom is 0.231 e. The molecule has 2 aromatic rings. The second-order valence-electron chi connectivity index (χ2n) is 4.56. The molecule has 100 valence electrons. The van der Waals surface area contributed by atoms with E-state index in [4.69, 9.17) is 14.6 Å². The lowest BCUT2D eigenvalue weighted by atomic mass is 10.1. The molecule has 0 spiro atoms. The Labute approximate surface area is 111 Å². The Kier molecular flexibility index (Phi) is 2.91. The van der Waals surface area contributed by atoms with Crippen molar-refractivity contribution in [1.29, 1.82) is 0 Å². The zero-order valence-electron chi connectivity index (χ0n) is 11.0. The van der Waals surface area contributed by atoms with E-state index in [1.54, 1.807) is 0 Å². The van der Waals surface area contributed by atoms with Crippen molar-refractivity contribution in [3.63, 3.8) is 0 Å². The second-order valence-corrected chi connectivity index (χ2v) is 4.56. The summed E-state index contributed by atoms with van der Waals surface area (Å²) in [6.45, 7) is 2.40. The summed E-state index contributed by atoms with van der Waals surface area (Å²) >= 11 is 0. The molecule has 0 saturated heterocycles. The SMILES string of the molecule is Cc1c(-c2ccc3c(c2)OCO3)nc(CCO)n1C. The van der Waals surface area contributed by atoms with Gasteiger partial charge in [-0.2, -0.15) is 0 Å². The van der Waals surface area contributed by atoms with Crippen LogP contribution in [-0.2, 0) is 13.5 Å². The minimum Gasteiger partial charge on any atom is -0.454 e. The number of aliphatic hydroxyl groups is 1. The summed E-state index contributed by atoms with van der Waals surface area (Å²) in [5.74, 6) is 2.41. The lowest BCUT2D eigenvalue weighted by molar-refractivity contribution is 0.174. The Hall–Kier alpha value is -2.01. The normalized spacial score (nSPS) is 13.0. The molecule has 19 heavy (non-hydrogen) atoms. The van der Waals surface area contributed by atoms with Crippen LogP contribution in [0.15, 0.2) is 18.2 Å². The average molecular weight is 260 g/mol. The largest absolute Gasteiger partial charge is 0.454 e. The molecule has 1 aromatic carbocycles. The van der Waals surface area contributed by atoms with Crippen LogP contribution in [-0.4, -0.2) is 28.1 Å². The molecule has 0 amide bonds. The molecule has 1 aromatic heterocycles. The van der Waals surface area contributed by atoms with E-state index < -0.39 is 0 Å². The van der Waals surface area contributed by atoms with Gasteiger partial charge in [0.05, 0.1) is 12.3 Å². The number of fused-ring (bicyclic) bond motifs is 1. The Bertz CT molecular complexity index is 619. The van der Waals surface area contributed by atoms with Gasteiger partial charge in [-0.1, -0.05) is 0 Å². The minimum absolute atomic E-state index is 0.102. The van der Waals surface area contributed by atoms with E-state index in [0.717, 1.165) is 34.3 Å². The Morgan fingerprint density at radius 3 is 2.89 bits per heavy atom. The fourth-order valence-electron chi connectivity index (χ4n) is 2.28. The molecular formula is C14H16N2O3. The standard InChI is InChI=1S/C14H16N2O3/c1-9-14(15-13(5-6-17)16(9)2)10-3-4-11-12(7-10)19-8-18-11/h3-4,7,17H,5-6,8H2,1-2H3. The molecule has 0 bridgehead atoms. The summed E-state index contributed by atoms with van der Waals surface area (Å²) in [4.78, 5) is 4.60.